The maximum Gasteiger partial charge on any atom is 0.336 e. The summed E-state index contributed by atoms with van der Waals surface area (Å²) in [4.78, 5) is 12.9. The number of morpholine rings is 1. The largest absolute Gasteiger partial charge is 0.479 e. The van der Waals surface area contributed by atoms with Crippen LogP contribution in [0.1, 0.15) is 18.9 Å². The molecule has 0 aromatic heterocycles. The molecule has 21 heavy (non-hydrogen) atoms. The summed E-state index contributed by atoms with van der Waals surface area (Å²) in [7, 11) is 0. The Balaban J connectivity index is 1.82. The van der Waals surface area contributed by atoms with Gasteiger partial charge in [-0.1, -0.05) is 30.3 Å². The van der Waals surface area contributed by atoms with E-state index in [1.165, 1.54) is 12.5 Å². The van der Waals surface area contributed by atoms with Crippen LogP contribution in [0.5, 0.6) is 0 Å². The lowest BCUT2D eigenvalue weighted by molar-refractivity contribution is -0.160. The third-order valence-corrected chi connectivity index (χ3v) is 3.81. The number of aliphatic carboxylic acids is 1. The molecule has 0 bridgehead atoms. The highest BCUT2D eigenvalue weighted by Crippen LogP contribution is 2.15. The molecule has 2 atom stereocenters. The van der Waals surface area contributed by atoms with Gasteiger partial charge in [0.15, 0.2) is 5.60 Å². The summed E-state index contributed by atoms with van der Waals surface area (Å²) in [5.74, 6) is -1.19. The van der Waals surface area contributed by atoms with Gasteiger partial charge in [-0.2, -0.15) is 0 Å². The Morgan fingerprint density at radius 2 is 2.14 bits per heavy atom. The van der Waals surface area contributed by atoms with Crippen molar-refractivity contribution >= 4 is 5.97 Å². The molecule has 1 aromatic carbocycles. The summed E-state index contributed by atoms with van der Waals surface area (Å²) >= 11 is 0. The zero-order chi connectivity index (χ0) is 15.3. The monoisotopic (exact) mass is 293 g/mol. The number of hydrogen-bond acceptors (Lipinski definition) is 4. The van der Waals surface area contributed by atoms with E-state index >= 15 is 0 Å². The zero-order valence-corrected chi connectivity index (χ0v) is 12.4. The Bertz CT molecular complexity index is 461. The van der Waals surface area contributed by atoms with Crippen LogP contribution in [0.3, 0.4) is 0 Å². The number of β-amino-alcohol motifs (C(OH)–C–C–N with tert-alkyl or cyclic N) is 1. The first kappa shape index (κ1) is 15.9. The second kappa shape index (κ2) is 7.02. The summed E-state index contributed by atoms with van der Waals surface area (Å²) in [6.07, 6.45) is 1.92. The topological polar surface area (TPSA) is 70.0 Å². The third-order valence-electron chi connectivity index (χ3n) is 3.81. The Labute approximate surface area is 125 Å². The summed E-state index contributed by atoms with van der Waals surface area (Å²) in [5.41, 5.74) is -0.433. The smallest absolute Gasteiger partial charge is 0.336 e. The molecule has 1 aliphatic rings. The molecule has 1 aliphatic heterocycles. The molecule has 0 aliphatic carbocycles. The van der Waals surface area contributed by atoms with Gasteiger partial charge in [-0.15, -0.1) is 0 Å². The van der Waals surface area contributed by atoms with Crippen molar-refractivity contribution in [3.8, 4) is 0 Å². The molecule has 5 heteroatoms. The number of benzene rings is 1. The number of nitrogens with zero attached hydrogens (tertiary/aromatic N) is 1. The van der Waals surface area contributed by atoms with E-state index < -0.39 is 11.6 Å². The SMILES string of the molecule is CC(O)(CN1CCOC(CCc2ccccc2)C1)C(=O)O. The molecule has 116 valence electrons. The van der Waals surface area contributed by atoms with E-state index in [-0.39, 0.29) is 12.6 Å². The van der Waals surface area contributed by atoms with Crippen molar-refractivity contribution in [1.29, 1.82) is 0 Å². The minimum atomic E-state index is -1.71. The van der Waals surface area contributed by atoms with Gasteiger partial charge in [-0.05, 0) is 25.3 Å². The van der Waals surface area contributed by atoms with Crippen LogP contribution in [-0.2, 0) is 16.0 Å². The number of rotatable bonds is 6. The first-order valence-electron chi connectivity index (χ1n) is 7.31. The molecule has 5 nitrogen and oxygen atoms in total. The molecule has 2 unspecified atom stereocenters. The standard InChI is InChI=1S/C16H23NO4/c1-16(20,15(18)19)12-17-9-10-21-14(11-17)8-7-13-5-3-2-4-6-13/h2-6,14,20H,7-12H2,1H3,(H,18,19). The lowest BCUT2D eigenvalue weighted by atomic mass is 10.0. The second-order valence-electron chi connectivity index (χ2n) is 5.83. The Morgan fingerprint density at radius 3 is 2.81 bits per heavy atom. The number of carbonyl (C=O) groups is 1. The predicted octanol–water partition coefficient (Wildman–Crippen LogP) is 1.16. The van der Waals surface area contributed by atoms with Crippen LogP contribution in [0.4, 0.5) is 0 Å². The number of carboxylic acid groups (broad SMARTS) is 1. The molecule has 0 spiro atoms. The molecular formula is C16H23NO4. The van der Waals surface area contributed by atoms with E-state index in [1.807, 2.05) is 23.1 Å². The average Bonchev–Trinajstić information content (AvgIpc) is 2.46. The van der Waals surface area contributed by atoms with Crippen LogP contribution < -0.4 is 0 Å². The van der Waals surface area contributed by atoms with Crippen molar-refractivity contribution in [3.63, 3.8) is 0 Å². The normalized spacial score (nSPS) is 22.7. The van der Waals surface area contributed by atoms with E-state index in [0.29, 0.717) is 19.7 Å². The van der Waals surface area contributed by atoms with Crippen LogP contribution in [0.15, 0.2) is 30.3 Å². The van der Waals surface area contributed by atoms with Gasteiger partial charge in [0.25, 0.3) is 0 Å². The van der Waals surface area contributed by atoms with E-state index in [0.717, 1.165) is 12.8 Å². The van der Waals surface area contributed by atoms with E-state index in [1.54, 1.807) is 0 Å². The van der Waals surface area contributed by atoms with Gasteiger partial charge >= 0.3 is 5.97 Å². The van der Waals surface area contributed by atoms with Gasteiger partial charge in [0, 0.05) is 19.6 Å². The van der Waals surface area contributed by atoms with Gasteiger partial charge in [0.05, 0.1) is 12.7 Å². The fraction of sp³-hybridized carbons (Fsp3) is 0.562. The highest BCUT2D eigenvalue weighted by Gasteiger charge is 2.34. The summed E-state index contributed by atoms with van der Waals surface area (Å²) in [5, 5.41) is 18.8. The molecular weight excluding hydrogens is 270 g/mol. The minimum absolute atomic E-state index is 0.0866. The van der Waals surface area contributed by atoms with Crippen LogP contribution in [-0.4, -0.2) is 59.0 Å². The molecule has 1 fully saturated rings. The van der Waals surface area contributed by atoms with Crippen molar-refractivity contribution in [1.82, 2.24) is 4.90 Å². The summed E-state index contributed by atoms with van der Waals surface area (Å²) < 4.78 is 5.73. The molecule has 0 amide bonds. The third kappa shape index (κ3) is 4.81. The average molecular weight is 293 g/mol. The van der Waals surface area contributed by atoms with Crippen molar-refractivity contribution < 1.29 is 19.7 Å². The molecule has 1 aromatic rings. The second-order valence-corrected chi connectivity index (χ2v) is 5.83. The minimum Gasteiger partial charge on any atom is -0.479 e. The molecule has 2 N–H and O–H groups in total. The molecule has 0 radical (unpaired) electrons. The highest BCUT2D eigenvalue weighted by atomic mass is 16.5. The fourth-order valence-electron chi connectivity index (χ4n) is 2.57. The first-order chi connectivity index (χ1) is 9.97. The van der Waals surface area contributed by atoms with Gasteiger partial charge in [-0.25, -0.2) is 4.79 Å². The summed E-state index contributed by atoms with van der Waals surface area (Å²) in [6.45, 7) is 3.37. The van der Waals surface area contributed by atoms with Crippen LogP contribution in [0, 0.1) is 0 Å². The Morgan fingerprint density at radius 1 is 1.43 bits per heavy atom. The first-order valence-corrected chi connectivity index (χ1v) is 7.31. The van der Waals surface area contributed by atoms with Crippen LogP contribution in [0.2, 0.25) is 0 Å². The Hall–Kier alpha value is -1.43. The van der Waals surface area contributed by atoms with E-state index in [4.69, 9.17) is 9.84 Å². The zero-order valence-electron chi connectivity index (χ0n) is 12.4. The maximum atomic E-state index is 11.0. The Kier molecular flexibility index (Phi) is 5.33. The van der Waals surface area contributed by atoms with Gasteiger partial charge < -0.3 is 14.9 Å². The maximum absolute atomic E-state index is 11.0. The summed E-state index contributed by atoms with van der Waals surface area (Å²) in [6, 6.07) is 10.2. The van der Waals surface area contributed by atoms with Crippen LogP contribution in [0.25, 0.3) is 0 Å². The van der Waals surface area contributed by atoms with E-state index in [9.17, 15) is 9.90 Å². The molecule has 2 rings (SSSR count). The van der Waals surface area contributed by atoms with Gasteiger partial charge in [0.2, 0.25) is 0 Å². The lowest BCUT2D eigenvalue weighted by Crippen LogP contribution is -2.52. The number of aryl methyl sites for hydroxylation is 1. The molecule has 0 saturated carbocycles. The van der Waals surface area contributed by atoms with Crippen molar-refractivity contribution in [3.05, 3.63) is 35.9 Å². The quantitative estimate of drug-likeness (QED) is 0.823. The molecule has 1 heterocycles. The van der Waals surface area contributed by atoms with Crippen molar-refractivity contribution in [2.24, 2.45) is 0 Å². The van der Waals surface area contributed by atoms with Crippen molar-refractivity contribution in [2.75, 3.05) is 26.2 Å². The number of hydrogen-bond donors (Lipinski definition) is 2. The number of carboxylic acids is 1. The van der Waals surface area contributed by atoms with E-state index in [2.05, 4.69) is 12.1 Å². The lowest BCUT2D eigenvalue weighted by Gasteiger charge is -2.35. The van der Waals surface area contributed by atoms with Crippen molar-refractivity contribution in [2.45, 2.75) is 31.5 Å². The molecule has 1 saturated heterocycles. The predicted molar refractivity (Wildman–Crippen MR) is 79.2 cm³/mol. The number of ether oxygens (including phenoxy) is 1. The highest BCUT2D eigenvalue weighted by molar-refractivity contribution is 5.76. The fourth-order valence-corrected chi connectivity index (χ4v) is 2.57. The van der Waals surface area contributed by atoms with Gasteiger partial charge in [-0.3, -0.25) is 4.90 Å². The number of aliphatic hydroxyl groups is 1. The van der Waals surface area contributed by atoms with Crippen LogP contribution >= 0.6 is 0 Å². The van der Waals surface area contributed by atoms with Gasteiger partial charge in [0.1, 0.15) is 0 Å².